The molecule has 1 amide bonds. The zero-order valence-corrected chi connectivity index (χ0v) is 11.8. The second-order valence-electron chi connectivity index (χ2n) is 5.33. The summed E-state index contributed by atoms with van der Waals surface area (Å²) in [7, 11) is 1.72. The van der Waals surface area contributed by atoms with E-state index in [0.29, 0.717) is 19.4 Å². The number of halogens is 3. The van der Waals surface area contributed by atoms with Gasteiger partial charge in [0.25, 0.3) is 0 Å². The van der Waals surface area contributed by atoms with Crippen molar-refractivity contribution in [3.63, 3.8) is 0 Å². The van der Waals surface area contributed by atoms with E-state index in [0.717, 1.165) is 0 Å². The Morgan fingerprint density at radius 3 is 2.26 bits per heavy atom. The largest absolute Gasteiger partial charge is 0.391 e. The van der Waals surface area contributed by atoms with E-state index in [4.69, 9.17) is 0 Å². The highest BCUT2D eigenvalue weighted by atomic mass is 19.4. The second-order valence-corrected chi connectivity index (χ2v) is 5.33. The van der Waals surface area contributed by atoms with Crippen molar-refractivity contribution in [2.24, 2.45) is 5.92 Å². The van der Waals surface area contributed by atoms with Crippen LogP contribution in [0.1, 0.15) is 39.5 Å². The van der Waals surface area contributed by atoms with Gasteiger partial charge in [-0.2, -0.15) is 13.2 Å². The van der Waals surface area contributed by atoms with Gasteiger partial charge in [0.1, 0.15) is 0 Å². The van der Waals surface area contributed by atoms with Crippen molar-refractivity contribution in [2.75, 3.05) is 13.6 Å². The van der Waals surface area contributed by atoms with E-state index < -0.39 is 12.1 Å². The number of amides is 1. The van der Waals surface area contributed by atoms with Crippen molar-refractivity contribution in [3.8, 4) is 0 Å². The van der Waals surface area contributed by atoms with E-state index in [-0.39, 0.29) is 30.8 Å². The Morgan fingerprint density at radius 2 is 1.84 bits per heavy atom. The molecule has 1 atom stereocenters. The number of likely N-dealkylation sites (N-methyl/N-ethyl adjacent to an activating group) is 1. The number of nitrogens with one attached hydrogen (secondary N) is 1. The second kappa shape index (κ2) is 6.59. The summed E-state index contributed by atoms with van der Waals surface area (Å²) in [4.78, 5) is 13.5. The van der Waals surface area contributed by atoms with Crippen molar-refractivity contribution in [1.82, 2.24) is 10.2 Å². The van der Waals surface area contributed by atoms with Crippen LogP contribution in [0.25, 0.3) is 0 Å². The molecule has 0 radical (unpaired) electrons. The van der Waals surface area contributed by atoms with Gasteiger partial charge in [0.2, 0.25) is 5.91 Å². The number of rotatable bonds is 4. The zero-order valence-electron chi connectivity index (χ0n) is 11.8. The summed E-state index contributed by atoms with van der Waals surface area (Å²) in [5.41, 5.74) is 0. The summed E-state index contributed by atoms with van der Waals surface area (Å²) in [6, 6.07) is -0.319. The lowest BCUT2D eigenvalue weighted by Gasteiger charge is -2.32. The third kappa shape index (κ3) is 4.67. The molecule has 1 aliphatic rings. The lowest BCUT2D eigenvalue weighted by Crippen LogP contribution is -2.48. The molecule has 0 heterocycles. The quantitative estimate of drug-likeness (QED) is 0.858. The summed E-state index contributed by atoms with van der Waals surface area (Å²) in [5.74, 6) is -1.18. The van der Waals surface area contributed by atoms with Gasteiger partial charge in [0.15, 0.2) is 0 Å². The fourth-order valence-corrected chi connectivity index (χ4v) is 2.50. The maximum atomic E-state index is 12.5. The van der Waals surface area contributed by atoms with Crippen molar-refractivity contribution in [1.29, 1.82) is 0 Å². The lowest BCUT2D eigenvalue weighted by molar-refractivity contribution is -0.183. The van der Waals surface area contributed by atoms with Crippen molar-refractivity contribution in [3.05, 3.63) is 0 Å². The molecule has 1 saturated carbocycles. The molecule has 6 heteroatoms. The summed E-state index contributed by atoms with van der Waals surface area (Å²) in [6.45, 7) is 4.29. The van der Waals surface area contributed by atoms with Crippen LogP contribution >= 0.6 is 0 Å². The highest BCUT2D eigenvalue weighted by molar-refractivity contribution is 5.81. The summed E-state index contributed by atoms with van der Waals surface area (Å²) >= 11 is 0. The van der Waals surface area contributed by atoms with Crippen LogP contribution in [-0.2, 0) is 4.79 Å². The number of hydrogen-bond acceptors (Lipinski definition) is 2. The predicted molar refractivity (Wildman–Crippen MR) is 67.7 cm³/mol. The van der Waals surface area contributed by atoms with E-state index in [9.17, 15) is 18.0 Å². The molecule has 19 heavy (non-hydrogen) atoms. The van der Waals surface area contributed by atoms with Gasteiger partial charge in [-0.15, -0.1) is 0 Å². The third-order valence-electron chi connectivity index (χ3n) is 3.90. The van der Waals surface area contributed by atoms with Gasteiger partial charge in [-0.25, -0.2) is 0 Å². The fourth-order valence-electron chi connectivity index (χ4n) is 2.50. The van der Waals surface area contributed by atoms with E-state index >= 15 is 0 Å². The minimum atomic E-state index is -4.07. The minimum Gasteiger partial charge on any atom is -0.345 e. The van der Waals surface area contributed by atoms with Gasteiger partial charge in [-0.05, 0) is 39.5 Å². The Labute approximate surface area is 112 Å². The van der Waals surface area contributed by atoms with Crippen molar-refractivity contribution < 1.29 is 18.0 Å². The molecular weight excluding hydrogens is 257 g/mol. The minimum absolute atomic E-state index is 0.0135. The van der Waals surface area contributed by atoms with E-state index in [2.05, 4.69) is 5.32 Å². The fraction of sp³-hybridized carbons (Fsp3) is 0.923. The van der Waals surface area contributed by atoms with Gasteiger partial charge >= 0.3 is 6.18 Å². The molecule has 1 unspecified atom stereocenters. The number of hydrogen-bond donors (Lipinski definition) is 1. The Morgan fingerprint density at radius 1 is 1.32 bits per heavy atom. The number of nitrogens with zero attached hydrogens (tertiary/aromatic N) is 1. The molecule has 0 aliphatic heterocycles. The van der Waals surface area contributed by atoms with E-state index in [1.165, 1.54) is 0 Å². The Kier molecular flexibility index (Phi) is 5.64. The maximum absolute atomic E-state index is 12.5. The molecule has 0 spiro atoms. The highest BCUT2D eigenvalue weighted by Gasteiger charge is 2.41. The number of carbonyl (C=O) groups is 1. The third-order valence-corrected chi connectivity index (χ3v) is 3.90. The molecule has 1 fully saturated rings. The van der Waals surface area contributed by atoms with Crippen LogP contribution in [0.15, 0.2) is 0 Å². The summed E-state index contributed by atoms with van der Waals surface area (Å²) < 4.78 is 37.6. The first-order valence-electron chi connectivity index (χ1n) is 6.83. The standard InChI is InChI=1S/C13H23F3N2O/c1-4-18(3)12(19)9(2)17-11-7-5-10(6-8-11)13(14,15)16/h9-11,17H,4-8H2,1-3H3. The van der Waals surface area contributed by atoms with Crippen LogP contribution < -0.4 is 5.32 Å². The van der Waals surface area contributed by atoms with Crippen LogP contribution in [-0.4, -0.2) is 42.7 Å². The molecule has 1 rings (SSSR count). The van der Waals surface area contributed by atoms with Gasteiger partial charge in [0.05, 0.1) is 12.0 Å². The summed E-state index contributed by atoms with van der Waals surface area (Å²) in [5, 5.41) is 3.15. The average Bonchev–Trinajstić information content (AvgIpc) is 2.36. The molecule has 0 aromatic heterocycles. The molecule has 3 nitrogen and oxygen atoms in total. The van der Waals surface area contributed by atoms with Crippen molar-refractivity contribution in [2.45, 2.75) is 57.8 Å². The zero-order chi connectivity index (χ0) is 14.6. The van der Waals surface area contributed by atoms with Crippen LogP contribution in [0.4, 0.5) is 13.2 Å². The number of carbonyl (C=O) groups excluding carboxylic acids is 1. The first kappa shape index (κ1) is 16.3. The van der Waals surface area contributed by atoms with Gasteiger partial charge < -0.3 is 10.2 Å². The number of alkyl halides is 3. The molecule has 0 bridgehead atoms. The van der Waals surface area contributed by atoms with Gasteiger partial charge in [0, 0.05) is 19.6 Å². The smallest absolute Gasteiger partial charge is 0.345 e. The normalized spacial score (nSPS) is 26.0. The lowest BCUT2D eigenvalue weighted by atomic mass is 9.85. The van der Waals surface area contributed by atoms with Crippen molar-refractivity contribution >= 4 is 5.91 Å². The monoisotopic (exact) mass is 280 g/mol. The highest BCUT2D eigenvalue weighted by Crippen LogP contribution is 2.37. The first-order valence-corrected chi connectivity index (χ1v) is 6.83. The Hall–Kier alpha value is -0.780. The molecule has 0 aromatic rings. The van der Waals surface area contributed by atoms with Gasteiger partial charge in [-0.3, -0.25) is 4.79 Å². The topological polar surface area (TPSA) is 32.3 Å². The Bertz CT molecular complexity index is 299. The molecule has 1 aliphatic carbocycles. The molecule has 1 N–H and O–H groups in total. The SMILES string of the molecule is CCN(C)C(=O)C(C)NC1CCC(C(F)(F)F)CC1. The first-order chi connectivity index (χ1) is 8.75. The van der Waals surface area contributed by atoms with E-state index in [1.807, 2.05) is 6.92 Å². The van der Waals surface area contributed by atoms with Crippen LogP contribution in [0.2, 0.25) is 0 Å². The molecule has 112 valence electrons. The maximum Gasteiger partial charge on any atom is 0.391 e. The Balaban J connectivity index is 2.39. The van der Waals surface area contributed by atoms with Crippen LogP contribution in [0, 0.1) is 5.92 Å². The molecule has 0 aromatic carbocycles. The summed E-state index contributed by atoms with van der Waals surface area (Å²) in [6.07, 6.45) is -2.79. The predicted octanol–water partition coefficient (Wildman–Crippen LogP) is 2.56. The van der Waals surface area contributed by atoms with Crippen LogP contribution in [0.5, 0.6) is 0 Å². The molecule has 0 saturated heterocycles. The van der Waals surface area contributed by atoms with Crippen LogP contribution in [0.3, 0.4) is 0 Å². The molecular formula is C13H23F3N2O. The van der Waals surface area contributed by atoms with Gasteiger partial charge in [-0.1, -0.05) is 0 Å². The van der Waals surface area contributed by atoms with E-state index in [1.54, 1.807) is 18.9 Å². The average molecular weight is 280 g/mol.